The first-order valence-electron chi connectivity index (χ1n) is 8.72. The third-order valence-electron chi connectivity index (χ3n) is 4.69. The van der Waals surface area contributed by atoms with E-state index >= 15 is 0 Å². The van der Waals surface area contributed by atoms with Crippen LogP contribution in [0.5, 0.6) is 0 Å². The lowest BCUT2D eigenvalue weighted by Gasteiger charge is -2.35. The average molecular weight is 336 g/mol. The molecule has 4 nitrogen and oxygen atoms in total. The third kappa shape index (κ3) is 3.58. The lowest BCUT2D eigenvalue weighted by atomic mass is 9.96. The van der Waals surface area contributed by atoms with Gasteiger partial charge in [-0.25, -0.2) is 0 Å². The largest absolute Gasteiger partial charge is 0.352 e. The standard InChI is InChI=1S/C21H24N2O2/c1-14(2)16-8-10-17(11-9-16)19-20(24)22-12-13-23(19)21(25)18-6-4-15(3)5-7-18/h4-11,14,19H,12-13H2,1-3H3,(H,22,24). The highest BCUT2D eigenvalue weighted by Crippen LogP contribution is 2.27. The molecule has 0 aliphatic carbocycles. The zero-order valence-corrected chi connectivity index (χ0v) is 15.0. The predicted molar refractivity (Wildman–Crippen MR) is 98.5 cm³/mol. The molecule has 4 heteroatoms. The Morgan fingerprint density at radius 2 is 1.72 bits per heavy atom. The van der Waals surface area contributed by atoms with Crippen LogP contribution in [0.25, 0.3) is 0 Å². The van der Waals surface area contributed by atoms with Crippen molar-refractivity contribution >= 4 is 11.8 Å². The molecule has 1 aliphatic rings. The van der Waals surface area contributed by atoms with Gasteiger partial charge in [0.05, 0.1) is 0 Å². The van der Waals surface area contributed by atoms with Crippen LogP contribution in [-0.4, -0.2) is 29.8 Å². The number of benzene rings is 2. The van der Waals surface area contributed by atoms with Gasteiger partial charge in [0.2, 0.25) is 5.91 Å². The van der Waals surface area contributed by atoms with E-state index in [9.17, 15) is 9.59 Å². The van der Waals surface area contributed by atoms with Gasteiger partial charge >= 0.3 is 0 Å². The first-order chi connectivity index (χ1) is 12.0. The minimum Gasteiger partial charge on any atom is -0.352 e. The van der Waals surface area contributed by atoms with Gasteiger partial charge in [0.1, 0.15) is 6.04 Å². The number of hydrogen-bond acceptors (Lipinski definition) is 2. The second kappa shape index (κ2) is 7.09. The van der Waals surface area contributed by atoms with Crippen LogP contribution in [0.2, 0.25) is 0 Å². The van der Waals surface area contributed by atoms with Crippen LogP contribution in [0, 0.1) is 6.92 Å². The molecule has 1 N–H and O–H groups in total. The molecular formula is C21H24N2O2. The number of nitrogens with zero attached hydrogens (tertiary/aromatic N) is 1. The van der Waals surface area contributed by atoms with Crippen molar-refractivity contribution in [1.29, 1.82) is 0 Å². The lowest BCUT2D eigenvalue weighted by Crippen LogP contribution is -2.52. The van der Waals surface area contributed by atoms with Crippen LogP contribution in [0.3, 0.4) is 0 Å². The van der Waals surface area contributed by atoms with Crippen molar-refractivity contribution in [3.05, 3.63) is 70.8 Å². The van der Waals surface area contributed by atoms with Gasteiger partial charge in [0.15, 0.2) is 0 Å². The molecule has 1 fully saturated rings. The minimum atomic E-state index is -0.580. The highest BCUT2D eigenvalue weighted by molar-refractivity contribution is 5.98. The van der Waals surface area contributed by atoms with E-state index in [4.69, 9.17) is 0 Å². The number of carbonyl (C=O) groups is 2. The molecule has 0 aromatic heterocycles. The molecule has 1 atom stereocenters. The van der Waals surface area contributed by atoms with E-state index in [1.165, 1.54) is 5.56 Å². The number of carbonyl (C=O) groups excluding carboxylic acids is 2. The van der Waals surface area contributed by atoms with Gasteiger partial charge in [-0.2, -0.15) is 0 Å². The Balaban J connectivity index is 1.92. The molecule has 3 rings (SSSR count). The maximum Gasteiger partial charge on any atom is 0.254 e. The fourth-order valence-corrected chi connectivity index (χ4v) is 3.14. The van der Waals surface area contributed by atoms with E-state index in [0.29, 0.717) is 24.6 Å². The number of rotatable bonds is 3. The third-order valence-corrected chi connectivity index (χ3v) is 4.69. The molecule has 2 aromatic carbocycles. The number of aryl methyl sites for hydroxylation is 1. The summed E-state index contributed by atoms with van der Waals surface area (Å²) in [7, 11) is 0. The van der Waals surface area contributed by atoms with Crippen molar-refractivity contribution in [3.63, 3.8) is 0 Å². The molecule has 2 aromatic rings. The zero-order valence-electron chi connectivity index (χ0n) is 15.0. The van der Waals surface area contributed by atoms with Gasteiger partial charge in [0.25, 0.3) is 5.91 Å². The van der Waals surface area contributed by atoms with Gasteiger partial charge in [0, 0.05) is 18.7 Å². The number of nitrogens with one attached hydrogen (secondary N) is 1. The summed E-state index contributed by atoms with van der Waals surface area (Å²) in [4.78, 5) is 27.1. The molecule has 1 unspecified atom stereocenters. The SMILES string of the molecule is Cc1ccc(C(=O)N2CCNC(=O)C2c2ccc(C(C)C)cc2)cc1. The maximum atomic E-state index is 13.0. The summed E-state index contributed by atoms with van der Waals surface area (Å²) in [5.74, 6) is 0.205. The topological polar surface area (TPSA) is 49.4 Å². The molecule has 1 saturated heterocycles. The summed E-state index contributed by atoms with van der Waals surface area (Å²) in [6.07, 6.45) is 0. The van der Waals surface area contributed by atoms with Gasteiger partial charge in [-0.15, -0.1) is 0 Å². The molecule has 0 radical (unpaired) electrons. The molecule has 0 bridgehead atoms. The van der Waals surface area contributed by atoms with Crippen molar-refractivity contribution < 1.29 is 9.59 Å². The lowest BCUT2D eigenvalue weighted by molar-refractivity contribution is -0.128. The fourth-order valence-electron chi connectivity index (χ4n) is 3.14. The molecule has 130 valence electrons. The van der Waals surface area contributed by atoms with Crippen molar-refractivity contribution in [2.75, 3.05) is 13.1 Å². The second-order valence-corrected chi connectivity index (χ2v) is 6.88. The quantitative estimate of drug-likeness (QED) is 0.933. The molecule has 0 saturated carbocycles. The minimum absolute atomic E-state index is 0.104. The van der Waals surface area contributed by atoms with Crippen molar-refractivity contribution in [1.82, 2.24) is 10.2 Å². The van der Waals surface area contributed by atoms with E-state index in [1.807, 2.05) is 55.5 Å². The second-order valence-electron chi connectivity index (χ2n) is 6.88. The molecule has 0 spiro atoms. The van der Waals surface area contributed by atoms with E-state index < -0.39 is 6.04 Å². The summed E-state index contributed by atoms with van der Waals surface area (Å²) in [5, 5.41) is 2.88. The van der Waals surface area contributed by atoms with E-state index in [2.05, 4.69) is 19.2 Å². The summed E-state index contributed by atoms with van der Waals surface area (Å²) in [6, 6.07) is 14.9. The summed E-state index contributed by atoms with van der Waals surface area (Å²) < 4.78 is 0. The van der Waals surface area contributed by atoms with Gasteiger partial charge in [-0.1, -0.05) is 55.8 Å². The van der Waals surface area contributed by atoms with Crippen LogP contribution in [0.15, 0.2) is 48.5 Å². The summed E-state index contributed by atoms with van der Waals surface area (Å²) in [6.45, 7) is 7.25. The Kier molecular flexibility index (Phi) is 4.88. The first kappa shape index (κ1) is 17.2. The van der Waals surface area contributed by atoms with Gasteiger partial charge < -0.3 is 10.2 Å². The fraction of sp³-hybridized carbons (Fsp3) is 0.333. The normalized spacial score (nSPS) is 17.5. The zero-order chi connectivity index (χ0) is 18.0. The van der Waals surface area contributed by atoms with Crippen LogP contribution < -0.4 is 5.32 Å². The highest BCUT2D eigenvalue weighted by atomic mass is 16.2. The van der Waals surface area contributed by atoms with Crippen molar-refractivity contribution in [3.8, 4) is 0 Å². The molecule has 1 heterocycles. The highest BCUT2D eigenvalue weighted by Gasteiger charge is 2.34. The first-order valence-corrected chi connectivity index (χ1v) is 8.72. The van der Waals surface area contributed by atoms with E-state index in [0.717, 1.165) is 11.1 Å². The Morgan fingerprint density at radius 1 is 1.08 bits per heavy atom. The monoisotopic (exact) mass is 336 g/mol. The van der Waals surface area contributed by atoms with Crippen LogP contribution in [-0.2, 0) is 4.79 Å². The van der Waals surface area contributed by atoms with Crippen LogP contribution in [0.4, 0.5) is 0 Å². The van der Waals surface area contributed by atoms with Crippen LogP contribution >= 0.6 is 0 Å². The van der Waals surface area contributed by atoms with Crippen LogP contribution in [0.1, 0.15) is 52.9 Å². The molecule has 2 amide bonds. The van der Waals surface area contributed by atoms with E-state index in [1.54, 1.807) is 4.90 Å². The number of hydrogen-bond donors (Lipinski definition) is 1. The predicted octanol–water partition coefficient (Wildman–Crippen LogP) is 3.43. The summed E-state index contributed by atoms with van der Waals surface area (Å²) in [5.41, 5.74) is 3.79. The van der Waals surface area contributed by atoms with Gasteiger partial charge in [-0.05, 0) is 36.1 Å². The molecule has 1 aliphatic heterocycles. The molecular weight excluding hydrogens is 312 g/mol. The number of piperazine rings is 1. The van der Waals surface area contributed by atoms with Crippen molar-refractivity contribution in [2.24, 2.45) is 0 Å². The average Bonchev–Trinajstić information content (AvgIpc) is 2.61. The number of amides is 2. The van der Waals surface area contributed by atoms with Gasteiger partial charge in [-0.3, -0.25) is 9.59 Å². The Morgan fingerprint density at radius 3 is 2.32 bits per heavy atom. The molecule has 25 heavy (non-hydrogen) atoms. The smallest absolute Gasteiger partial charge is 0.254 e. The Labute approximate surface area is 148 Å². The maximum absolute atomic E-state index is 13.0. The Hall–Kier alpha value is -2.62. The summed E-state index contributed by atoms with van der Waals surface area (Å²) >= 11 is 0. The van der Waals surface area contributed by atoms with E-state index in [-0.39, 0.29) is 11.8 Å². The Bertz CT molecular complexity index is 763. The van der Waals surface area contributed by atoms with Crippen molar-refractivity contribution in [2.45, 2.75) is 32.7 Å².